The van der Waals surface area contributed by atoms with E-state index in [0.29, 0.717) is 13.0 Å². The molecule has 20 heavy (non-hydrogen) atoms. The molecule has 1 atom stereocenters. The predicted molar refractivity (Wildman–Crippen MR) is 91.2 cm³/mol. The van der Waals surface area contributed by atoms with Crippen molar-refractivity contribution < 1.29 is 4.79 Å². The molecule has 0 aromatic heterocycles. The summed E-state index contributed by atoms with van der Waals surface area (Å²) in [6.07, 6.45) is 2.73. The Morgan fingerprint density at radius 1 is 1.45 bits per heavy atom. The Morgan fingerprint density at radius 2 is 2.10 bits per heavy atom. The monoisotopic (exact) mass is 358 g/mol. The van der Waals surface area contributed by atoms with E-state index in [4.69, 9.17) is 5.73 Å². The van der Waals surface area contributed by atoms with Gasteiger partial charge in [-0.15, -0.1) is 0 Å². The van der Waals surface area contributed by atoms with Crippen molar-refractivity contribution in [3.05, 3.63) is 34.3 Å². The smallest absolute Gasteiger partial charge is 0.236 e. The molecule has 1 aromatic rings. The van der Waals surface area contributed by atoms with Crippen LogP contribution in [0.5, 0.6) is 0 Å². The van der Waals surface area contributed by atoms with E-state index >= 15 is 0 Å². The Balaban J connectivity index is 2.60. The fourth-order valence-corrected chi connectivity index (χ4v) is 3.23. The summed E-state index contributed by atoms with van der Waals surface area (Å²) in [4.78, 5) is 12.0. The molecule has 1 unspecified atom stereocenters. The first-order valence-electron chi connectivity index (χ1n) is 6.65. The second-order valence-electron chi connectivity index (χ2n) is 5.47. The van der Waals surface area contributed by atoms with Crippen LogP contribution < -0.4 is 11.1 Å². The summed E-state index contributed by atoms with van der Waals surface area (Å²) in [5.41, 5.74) is 6.90. The van der Waals surface area contributed by atoms with E-state index in [1.165, 1.54) is 5.56 Å². The second-order valence-corrected chi connectivity index (χ2v) is 7.31. The van der Waals surface area contributed by atoms with Gasteiger partial charge in [-0.1, -0.05) is 48.0 Å². The summed E-state index contributed by atoms with van der Waals surface area (Å²) in [6.45, 7) is 4.79. The highest BCUT2D eigenvalue weighted by atomic mass is 79.9. The maximum atomic E-state index is 12.0. The Kier molecular flexibility index (Phi) is 7.06. The van der Waals surface area contributed by atoms with Gasteiger partial charge in [0.15, 0.2) is 0 Å². The molecule has 1 rings (SSSR count). The van der Waals surface area contributed by atoms with Crippen LogP contribution in [0.2, 0.25) is 0 Å². The molecule has 112 valence electrons. The highest BCUT2D eigenvalue weighted by Gasteiger charge is 2.24. The summed E-state index contributed by atoms with van der Waals surface area (Å²) in [7, 11) is 0. The van der Waals surface area contributed by atoms with E-state index in [1.54, 1.807) is 11.8 Å². The number of hydrogen-bond donors (Lipinski definition) is 2. The minimum absolute atomic E-state index is 0.0702. The zero-order valence-corrected chi connectivity index (χ0v) is 14.7. The summed E-state index contributed by atoms with van der Waals surface area (Å²) in [6, 6.07) is 7.67. The average Bonchev–Trinajstić information content (AvgIpc) is 2.42. The maximum Gasteiger partial charge on any atom is 0.236 e. The van der Waals surface area contributed by atoms with Gasteiger partial charge in [0.25, 0.3) is 0 Å². The van der Waals surface area contributed by atoms with Crippen molar-refractivity contribution in [3.8, 4) is 0 Å². The van der Waals surface area contributed by atoms with Gasteiger partial charge in [0, 0.05) is 16.4 Å². The molecule has 0 aliphatic rings. The lowest BCUT2D eigenvalue weighted by Gasteiger charge is -2.27. The fourth-order valence-electron chi connectivity index (χ4n) is 1.92. The molecular formula is C15H23BrN2OS. The fraction of sp³-hybridized carbons (Fsp3) is 0.533. The molecule has 5 heteroatoms. The lowest BCUT2D eigenvalue weighted by molar-refractivity contribution is -0.122. The quantitative estimate of drug-likeness (QED) is 0.787. The molecule has 0 saturated carbocycles. The number of benzene rings is 1. The van der Waals surface area contributed by atoms with Crippen LogP contribution in [0.15, 0.2) is 28.7 Å². The number of amides is 1. The lowest BCUT2D eigenvalue weighted by atomic mass is 9.84. The summed E-state index contributed by atoms with van der Waals surface area (Å²) in [5.74, 6) is 0.835. The van der Waals surface area contributed by atoms with Crippen molar-refractivity contribution in [2.24, 2.45) is 5.73 Å². The van der Waals surface area contributed by atoms with Crippen LogP contribution in [-0.2, 0) is 10.2 Å². The molecule has 0 saturated heterocycles. The Morgan fingerprint density at radius 3 is 2.70 bits per heavy atom. The maximum absolute atomic E-state index is 12.0. The molecule has 1 aromatic carbocycles. The van der Waals surface area contributed by atoms with Gasteiger partial charge < -0.3 is 11.1 Å². The summed E-state index contributed by atoms with van der Waals surface area (Å²) >= 11 is 5.27. The van der Waals surface area contributed by atoms with Crippen molar-refractivity contribution in [1.29, 1.82) is 0 Å². The Labute approximate surface area is 134 Å². The molecule has 0 radical (unpaired) electrons. The summed E-state index contributed by atoms with van der Waals surface area (Å²) in [5, 5.41) is 2.96. The number of thioether (sulfide) groups is 1. The van der Waals surface area contributed by atoms with Crippen LogP contribution in [0.25, 0.3) is 0 Å². The molecule has 0 heterocycles. The van der Waals surface area contributed by atoms with Crippen molar-refractivity contribution in [1.82, 2.24) is 5.32 Å². The van der Waals surface area contributed by atoms with Gasteiger partial charge in [-0.2, -0.15) is 11.8 Å². The third-order valence-electron chi connectivity index (χ3n) is 3.28. The minimum atomic E-state index is -0.419. The van der Waals surface area contributed by atoms with Crippen molar-refractivity contribution in [2.45, 2.75) is 31.7 Å². The van der Waals surface area contributed by atoms with Gasteiger partial charge in [0.05, 0.1) is 6.04 Å². The van der Waals surface area contributed by atoms with Crippen LogP contribution in [0.4, 0.5) is 0 Å². The van der Waals surface area contributed by atoms with Gasteiger partial charge in [0.2, 0.25) is 5.91 Å². The van der Waals surface area contributed by atoms with Gasteiger partial charge in [-0.3, -0.25) is 4.79 Å². The zero-order chi connectivity index (χ0) is 15.2. The first-order valence-corrected chi connectivity index (χ1v) is 8.84. The number of hydrogen-bond acceptors (Lipinski definition) is 3. The van der Waals surface area contributed by atoms with E-state index in [2.05, 4.69) is 41.2 Å². The Hall–Kier alpha value is -0.520. The van der Waals surface area contributed by atoms with E-state index < -0.39 is 6.04 Å². The minimum Gasteiger partial charge on any atom is -0.354 e. The van der Waals surface area contributed by atoms with E-state index in [-0.39, 0.29) is 11.3 Å². The topological polar surface area (TPSA) is 55.1 Å². The predicted octanol–water partition coefficient (Wildman–Crippen LogP) is 2.92. The van der Waals surface area contributed by atoms with Crippen LogP contribution in [0.3, 0.4) is 0 Å². The Bertz CT molecular complexity index is 451. The largest absolute Gasteiger partial charge is 0.354 e. The molecule has 0 fully saturated rings. The van der Waals surface area contributed by atoms with Crippen LogP contribution in [0.1, 0.15) is 25.8 Å². The molecule has 0 aliphatic carbocycles. The highest BCUT2D eigenvalue weighted by molar-refractivity contribution is 9.10. The SMILES string of the molecule is CSCCC(N)C(=O)NCC(C)(C)c1ccccc1Br. The highest BCUT2D eigenvalue weighted by Crippen LogP contribution is 2.29. The molecule has 0 aliphatic heterocycles. The summed E-state index contributed by atoms with van der Waals surface area (Å²) < 4.78 is 1.06. The number of rotatable bonds is 7. The first-order chi connectivity index (χ1) is 9.38. The number of halogens is 1. The number of carbonyl (C=O) groups is 1. The number of carbonyl (C=O) groups excluding carboxylic acids is 1. The van der Waals surface area contributed by atoms with E-state index in [1.807, 2.05) is 24.5 Å². The van der Waals surface area contributed by atoms with Crippen LogP contribution in [-0.4, -0.2) is 30.5 Å². The van der Waals surface area contributed by atoms with Gasteiger partial charge in [0.1, 0.15) is 0 Å². The van der Waals surface area contributed by atoms with E-state index in [0.717, 1.165) is 10.2 Å². The average molecular weight is 359 g/mol. The van der Waals surface area contributed by atoms with E-state index in [9.17, 15) is 4.79 Å². The van der Waals surface area contributed by atoms with Crippen molar-refractivity contribution >= 4 is 33.6 Å². The number of nitrogens with two attached hydrogens (primary N) is 1. The third-order valence-corrected chi connectivity index (χ3v) is 4.61. The second kappa shape index (κ2) is 8.05. The lowest BCUT2D eigenvalue weighted by Crippen LogP contribution is -2.45. The normalized spacial score (nSPS) is 13.1. The third kappa shape index (κ3) is 5.11. The zero-order valence-electron chi connectivity index (χ0n) is 12.3. The molecular weight excluding hydrogens is 336 g/mol. The molecule has 0 spiro atoms. The van der Waals surface area contributed by atoms with Gasteiger partial charge in [-0.25, -0.2) is 0 Å². The number of nitrogens with one attached hydrogen (secondary N) is 1. The standard InChI is InChI=1S/C15H23BrN2OS/c1-15(2,11-6-4-5-7-12(11)16)10-18-14(19)13(17)8-9-20-3/h4-7,13H,8-10,17H2,1-3H3,(H,18,19). The van der Waals surface area contributed by atoms with Crippen LogP contribution >= 0.6 is 27.7 Å². The van der Waals surface area contributed by atoms with Crippen molar-refractivity contribution in [2.75, 3.05) is 18.6 Å². The van der Waals surface area contributed by atoms with Gasteiger partial charge >= 0.3 is 0 Å². The first kappa shape index (κ1) is 17.5. The van der Waals surface area contributed by atoms with Crippen molar-refractivity contribution in [3.63, 3.8) is 0 Å². The van der Waals surface area contributed by atoms with Crippen LogP contribution in [0, 0.1) is 0 Å². The molecule has 1 amide bonds. The molecule has 3 nitrogen and oxygen atoms in total. The molecule has 3 N–H and O–H groups in total. The molecule has 0 bridgehead atoms. The van der Waals surface area contributed by atoms with Gasteiger partial charge in [-0.05, 0) is 30.1 Å².